The zero-order chi connectivity index (χ0) is 24.6. The van der Waals surface area contributed by atoms with Gasteiger partial charge in [0.25, 0.3) is 0 Å². The molecule has 2 aromatic carbocycles. The molecule has 188 valence electrons. The summed E-state index contributed by atoms with van der Waals surface area (Å²) in [6.07, 6.45) is 0.105. The smallest absolute Gasteiger partial charge is 0.490 e. The predicted molar refractivity (Wildman–Crippen MR) is 128 cm³/mol. The number of hydrogen-bond donors (Lipinski definition) is 1. The number of hydrogen-bond acceptors (Lipinski definition) is 3. The van der Waals surface area contributed by atoms with Gasteiger partial charge in [-0.1, -0.05) is 44.2 Å². The van der Waals surface area contributed by atoms with E-state index in [1.54, 1.807) is 43.3 Å². The molecule has 1 aliphatic rings. The molecule has 2 aromatic rings. The monoisotopic (exact) mass is 480 g/mol. The van der Waals surface area contributed by atoms with Gasteiger partial charge >= 0.3 is 12.3 Å². The van der Waals surface area contributed by atoms with E-state index in [-0.39, 0.29) is 19.3 Å². The first-order valence-electron chi connectivity index (χ1n) is 10.9. The van der Waals surface area contributed by atoms with Gasteiger partial charge in [-0.15, -0.1) is 13.2 Å². The van der Waals surface area contributed by atoms with Crippen LogP contribution in [-0.2, 0) is 0 Å². The van der Waals surface area contributed by atoms with Gasteiger partial charge in [-0.05, 0) is 87.8 Å². The Balaban J connectivity index is 0.000000380. The molecule has 0 unspecified atom stereocenters. The van der Waals surface area contributed by atoms with Gasteiger partial charge < -0.3 is 14.6 Å². The Morgan fingerprint density at radius 3 is 1.94 bits per heavy atom. The summed E-state index contributed by atoms with van der Waals surface area (Å²) < 4.78 is 44.5. The number of carboxylic acids is 1. The van der Waals surface area contributed by atoms with Crippen molar-refractivity contribution in [2.45, 2.75) is 66.3 Å². The lowest BCUT2D eigenvalue weighted by molar-refractivity contribution is -0.274. The van der Waals surface area contributed by atoms with Crippen molar-refractivity contribution in [3.05, 3.63) is 71.8 Å². The lowest BCUT2D eigenvalue weighted by atomic mass is 9.77. The molecule has 0 radical (unpaired) electrons. The van der Waals surface area contributed by atoms with Crippen LogP contribution in [0.5, 0.6) is 11.5 Å². The van der Waals surface area contributed by atoms with Crippen LogP contribution >= 0.6 is 0 Å². The van der Waals surface area contributed by atoms with Gasteiger partial charge in [0.1, 0.15) is 11.5 Å². The summed E-state index contributed by atoms with van der Waals surface area (Å²) in [7, 11) is 0. The average molecular weight is 481 g/mol. The number of aromatic carboxylic acids is 1. The summed E-state index contributed by atoms with van der Waals surface area (Å²) in [4.78, 5) is 10.8. The zero-order valence-electron chi connectivity index (χ0n) is 19.2. The third-order valence-electron chi connectivity index (χ3n) is 5.86. The molecular weight excluding hydrogens is 445 g/mol. The number of halogens is 3. The fourth-order valence-corrected chi connectivity index (χ4v) is 3.72. The molecule has 1 fully saturated rings. The van der Waals surface area contributed by atoms with E-state index >= 15 is 0 Å². The van der Waals surface area contributed by atoms with Gasteiger partial charge in [0, 0.05) is 0 Å². The molecule has 34 heavy (non-hydrogen) atoms. The van der Waals surface area contributed by atoms with Crippen LogP contribution in [0.15, 0.2) is 60.7 Å². The molecule has 0 bridgehead atoms. The second-order valence-corrected chi connectivity index (χ2v) is 8.48. The topological polar surface area (TPSA) is 55.8 Å². The van der Waals surface area contributed by atoms with E-state index in [9.17, 15) is 18.0 Å². The molecule has 0 saturated heterocycles. The van der Waals surface area contributed by atoms with Crippen LogP contribution in [-0.4, -0.2) is 23.5 Å². The highest BCUT2D eigenvalue weighted by molar-refractivity contribution is 5.87. The summed E-state index contributed by atoms with van der Waals surface area (Å²) in [6.45, 7) is 10.2. The Morgan fingerprint density at radius 1 is 1.00 bits per heavy atom. The van der Waals surface area contributed by atoms with Crippen molar-refractivity contribution in [2.24, 2.45) is 11.8 Å². The second kappa shape index (κ2) is 13.1. The SMILES string of the molecule is C.C=C(C)[C@@H](C)C1CCC(Oc2ccc(C(=O)O)cc2)CC1.Cc1ccc(OC(F)(F)F)cc1. The minimum atomic E-state index is -4.60. The lowest BCUT2D eigenvalue weighted by Gasteiger charge is -2.32. The van der Waals surface area contributed by atoms with Gasteiger partial charge in [-0.3, -0.25) is 0 Å². The maximum atomic E-state index is 11.6. The summed E-state index contributed by atoms with van der Waals surface area (Å²) in [5.74, 6) is 0.970. The first kappa shape index (κ1) is 29.1. The number of allylic oxidation sites excluding steroid dienone is 1. The fourth-order valence-electron chi connectivity index (χ4n) is 3.72. The molecule has 4 nitrogen and oxygen atoms in total. The Kier molecular flexibility index (Phi) is 11.2. The van der Waals surface area contributed by atoms with Crippen LogP contribution in [0.1, 0.15) is 62.9 Å². The van der Waals surface area contributed by atoms with E-state index < -0.39 is 12.3 Å². The average Bonchev–Trinajstić information content (AvgIpc) is 2.75. The molecule has 1 atom stereocenters. The Bertz CT molecular complexity index is 897. The molecule has 3 rings (SSSR count). The van der Waals surface area contributed by atoms with Crippen molar-refractivity contribution in [3.63, 3.8) is 0 Å². The van der Waals surface area contributed by atoms with Crippen LogP contribution in [0.4, 0.5) is 13.2 Å². The molecule has 0 heterocycles. The number of carbonyl (C=O) groups is 1. The Hall–Kier alpha value is -2.96. The lowest BCUT2D eigenvalue weighted by Crippen LogP contribution is -2.27. The van der Waals surface area contributed by atoms with Crippen LogP contribution < -0.4 is 9.47 Å². The summed E-state index contributed by atoms with van der Waals surface area (Å²) in [6, 6.07) is 12.3. The van der Waals surface area contributed by atoms with Crippen molar-refractivity contribution in [1.29, 1.82) is 0 Å². The van der Waals surface area contributed by atoms with Crippen LogP contribution in [0, 0.1) is 18.8 Å². The molecule has 1 aliphatic carbocycles. The van der Waals surface area contributed by atoms with Gasteiger partial charge in [0.05, 0.1) is 11.7 Å². The Morgan fingerprint density at radius 2 is 1.50 bits per heavy atom. The van der Waals surface area contributed by atoms with Crippen LogP contribution in [0.2, 0.25) is 0 Å². The highest BCUT2D eigenvalue weighted by Gasteiger charge is 2.31. The highest BCUT2D eigenvalue weighted by Crippen LogP contribution is 2.34. The molecule has 7 heteroatoms. The zero-order valence-corrected chi connectivity index (χ0v) is 19.2. The van der Waals surface area contributed by atoms with E-state index in [1.165, 1.54) is 30.5 Å². The molecule has 0 aliphatic heterocycles. The first-order chi connectivity index (χ1) is 15.4. The van der Waals surface area contributed by atoms with Gasteiger partial charge in [0.2, 0.25) is 0 Å². The quantitative estimate of drug-likeness (QED) is 0.425. The minimum Gasteiger partial charge on any atom is -0.490 e. The van der Waals surface area contributed by atoms with E-state index in [0.717, 1.165) is 30.1 Å². The van der Waals surface area contributed by atoms with Crippen molar-refractivity contribution >= 4 is 5.97 Å². The van der Waals surface area contributed by atoms with E-state index in [2.05, 4.69) is 25.2 Å². The number of carboxylic acid groups (broad SMARTS) is 1. The van der Waals surface area contributed by atoms with E-state index in [0.29, 0.717) is 11.5 Å². The van der Waals surface area contributed by atoms with Crippen LogP contribution in [0.3, 0.4) is 0 Å². The molecule has 1 saturated carbocycles. The Labute approximate surface area is 200 Å². The number of benzene rings is 2. The molecule has 0 spiro atoms. The summed E-state index contributed by atoms with van der Waals surface area (Å²) in [5, 5.41) is 8.88. The highest BCUT2D eigenvalue weighted by atomic mass is 19.4. The normalized spacial score (nSPS) is 18.4. The van der Waals surface area contributed by atoms with Crippen LogP contribution in [0.25, 0.3) is 0 Å². The third-order valence-corrected chi connectivity index (χ3v) is 5.86. The number of alkyl halides is 3. The van der Waals surface area contributed by atoms with Gasteiger partial charge in [0.15, 0.2) is 0 Å². The molecular formula is C27H35F3O4. The van der Waals surface area contributed by atoms with E-state index in [1.807, 2.05) is 0 Å². The molecule has 0 aromatic heterocycles. The number of aryl methyl sites for hydroxylation is 1. The van der Waals surface area contributed by atoms with Crippen molar-refractivity contribution < 1.29 is 32.5 Å². The second-order valence-electron chi connectivity index (χ2n) is 8.48. The molecule has 1 N–H and O–H groups in total. The van der Waals surface area contributed by atoms with Gasteiger partial charge in [-0.2, -0.15) is 0 Å². The predicted octanol–water partition coefficient (Wildman–Crippen LogP) is 8.06. The van der Waals surface area contributed by atoms with Gasteiger partial charge in [-0.25, -0.2) is 4.79 Å². The molecule has 0 amide bonds. The van der Waals surface area contributed by atoms with E-state index in [4.69, 9.17) is 9.84 Å². The standard InChI is InChI=1S/C18H24O3.C8H7F3O.CH4/c1-12(2)13(3)14-4-8-16(9-5-14)21-17-10-6-15(7-11-17)18(19)20;1-6-2-4-7(5-3-6)12-8(9,10)11;/h6-7,10-11,13-14,16H,1,4-5,8-9H2,2-3H3,(H,19,20);2-5H,1H3;1H4/t13-,14?,16?;;/m1../s1. The van der Waals surface area contributed by atoms with Crippen molar-refractivity contribution in [3.8, 4) is 11.5 Å². The minimum absolute atomic E-state index is 0. The number of ether oxygens (including phenoxy) is 2. The van der Waals surface area contributed by atoms with Crippen molar-refractivity contribution in [1.82, 2.24) is 0 Å². The van der Waals surface area contributed by atoms with Crippen molar-refractivity contribution in [2.75, 3.05) is 0 Å². The number of rotatable bonds is 6. The summed E-state index contributed by atoms with van der Waals surface area (Å²) >= 11 is 0. The maximum Gasteiger partial charge on any atom is 0.573 e. The third kappa shape index (κ3) is 9.89. The summed E-state index contributed by atoms with van der Waals surface area (Å²) in [5.41, 5.74) is 2.45. The maximum absolute atomic E-state index is 11.6. The first-order valence-corrected chi connectivity index (χ1v) is 10.9. The largest absolute Gasteiger partial charge is 0.573 e. The fraction of sp³-hybridized carbons (Fsp3) is 0.444.